The van der Waals surface area contributed by atoms with Crippen LogP contribution in [0.3, 0.4) is 0 Å². The summed E-state index contributed by atoms with van der Waals surface area (Å²) in [7, 11) is 8.19. The highest BCUT2D eigenvalue weighted by atomic mass is 16.8. The lowest BCUT2D eigenvalue weighted by molar-refractivity contribution is -0.352. The highest BCUT2D eigenvalue weighted by Gasteiger charge is 2.75. The molecule has 3 saturated carbocycles. The van der Waals surface area contributed by atoms with Crippen molar-refractivity contribution < 1.29 is 96.3 Å². The lowest BCUT2D eigenvalue weighted by atomic mass is 9.44. The van der Waals surface area contributed by atoms with E-state index in [1.807, 2.05) is 27.7 Å². The Hall–Kier alpha value is -1.35. The fourth-order valence-electron chi connectivity index (χ4n) is 15.6. The highest BCUT2D eigenvalue weighted by Crippen LogP contribution is 2.69. The number of aliphatic hydroxyl groups is 4. The zero-order valence-electron chi connectivity index (χ0n) is 47.2. The number of hydrogen-bond donors (Lipinski definition) is 4. The van der Waals surface area contributed by atoms with Crippen molar-refractivity contribution in [3.8, 4) is 0 Å². The summed E-state index contributed by atoms with van der Waals surface area (Å²) in [6.45, 7) is 14.9. The van der Waals surface area contributed by atoms with Crippen molar-refractivity contribution in [1.82, 2.24) is 0 Å². The van der Waals surface area contributed by atoms with Gasteiger partial charge in [-0.3, -0.25) is 4.79 Å². The smallest absolute Gasteiger partial charge is 0.162 e. The summed E-state index contributed by atoms with van der Waals surface area (Å²) >= 11 is 0. The molecule has 9 aliphatic rings. The largest absolute Gasteiger partial charge is 0.392 e. The fourth-order valence-corrected chi connectivity index (χ4v) is 15.6. The summed E-state index contributed by atoms with van der Waals surface area (Å²) in [5.41, 5.74) is -3.48. The number of aliphatic hydroxyl groups excluding tert-OH is 2. The molecule has 4 N–H and O–H groups in total. The van der Waals surface area contributed by atoms with Gasteiger partial charge in [-0.2, -0.15) is 0 Å². The van der Waals surface area contributed by atoms with Gasteiger partial charge in [0.1, 0.15) is 36.1 Å². The number of methoxy groups -OCH3 is 5. The molecule has 436 valence electrons. The molecule has 5 aliphatic heterocycles. The molecule has 0 radical (unpaired) electrons. The normalized spacial score (nSPS) is 52.8. The molecule has 0 aromatic carbocycles. The summed E-state index contributed by atoms with van der Waals surface area (Å²) < 4.78 is 94.6. The Morgan fingerprint density at radius 3 is 1.34 bits per heavy atom. The van der Waals surface area contributed by atoms with Gasteiger partial charge in [0.05, 0.1) is 84.3 Å². The molecule has 9 rings (SSSR count). The van der Waals surface area contributed by atoms with E-state index in [9.17, 15) is 25.2 Å². The fraction of sp³-hybridized carbons (Fsp3) is 0.946. The number of ether oxygens (including phenoxy) is 15. The van der Waals surface area contributed by atoms with Crippen LogP contribution < -0.4 is 0 Å². The first kappa shape index (κ1) is 59.3. The van der Waals surface area contributed by atoms with Crippen LogP contribution in [0.2, 0.25) is 0 Å². The predicted octanol–water partition coefficient (Wildman–Crippen LogP) is 4.39. The van der Waals surface area contributed by atoms with E-state index in [0.29, 0.717) is 51.4 Å². The summed E-state index contributed by atoms with van der Waals surface area (Å²) in [6, 6.07) is 0. The topological polar surface area (TPSA) is 236 Å². The van der Waals surface area contributed by atoms with Gasteiger partial charge in [0.2, 0.25) is 0 Å². The number of hydrogen-bond acceptors (Lipinski definition) is 20. The Labute approximate surface area is 449 Å². The molecule has 76 heavy (non-hydrogen) atoms. The Morgan fingerprint density at radius 2 is 0.934 bits per heavy atom. The van der Waals surface area contributed by atoms with Crippen molar-refractivity contribution in [2.24, 2.45) is 22.7 Å². The molecule has 8 fully saturated rings. The van der Waals surface area contributed by atoms with Crippen LogP contribution >= 0.6 is 0 Å². The van der Waals surface area contributed by atoms with E-state index in [0.717, 1.165) is 12.8 Å². The molecule has 0 bridgehead atoms. The third kappa shape index (κ3) is 10.7. The van der Waals surface area contributed by atoms with Gasteiger partial charge in [0, 0.05) is 67.7 Å². The molecule has 0 spiro atoms. The average molecular weight is 1090 g/mol. The minimum atomic E-state index is -1.77. The predicted molar refractivity (Wildman–Crippen MR) is 269 cm³/mol. The van der Waals surface area contributed by atoms with Crippen LogP contribution in [0.1, 0.15) is 132 Å². The van der Waals surface area contributed by atoms with Crippen molar-refractivity contribution in [3.63, 3.8) is 0 Å². The minimum Gasteiger partial charge on any atom is -0.392 e. The van der Waals surface area contributed by atoms with Crippen LogP contribution in [0.25, 0.3) is 0 Å². The minimum absolute atomic E-state index is 0.00695. The molecule has 20 nitrogen and oxygen atoms in total. The molecule has 0 amide bonds. The molecule has 0 aromatic rings. The SMILES string of the molecule is CO[C@H]1C[C@H](O[C@H]2CC[C@@]3(C)C(=CC[C@@H]4[C@@H]3C[C@@H](O)[C@]3(C)[C@](O)(C(C)=O)CC[C@]43O)C2)O[C@H](C)[C@H]1O[C@H]1C[C@H](OC)[C@H](O[C@H]2C[C@@H](OC)[C@@H](O[C@H]3C[C@H](OC)[C@H](O[C@H]4C[C@@H](OC)[C@@H](O)[C@H](C)O4)[C@@H](C)O3)[C@H](C)O2)[C@@H](C)O1. The van der Waals surface area contributed by atoms with Crippen LogP contribution in [0.15, 0.2) is 11.6 Å². The maximum atomic E-state index is 12.8. The molecule has 0 unspecified atom stereocenters. The number of carbonyl (C=O) groups is 1. The first-order valence-electron chi connectivity index (χ1n) is 28.3. The summed E-state index contributed by atoms with van der Waals surface area (Å²) in [5, 5.41) is 46.3. The van der Waals surface area contributed by atoms with Crippen LogP contribution in [0.5, 0.6) is 0 Å². The van der Waals surface area contributed by atoms with Gasteiger partial charge in [0.15, 0.2) is 37.2 Å². The van der Waals surface area contributed by atoms with E-state index in [1.165, 1.54) is 12.5 Å². The van der Waals surface area contributed by atoms with Gasteiger partial charge in [-0.15, -0.1) is 0 Å². The maximum Gasteiger partial charge on any atom is 0.162 e. The monoisotopic (exact) mass is 1080 g/mol. The Balaban J connectivity index is 0.751. The maximum absolute atomic E-state index is 12.8. The molecule has 28 atom stereocenters. The van der Waals surface area contributed by atoms with Crippen molar-refractivity contribution >= 4 is 5.78 Å². The molecule has 20 heteroatoms. The third-order valence-corrected chi connectivity index (χ3v) is 20.3. The average Bonchev–Trinajstić information content (AvgIpc) is 3.69. The van der Waals surface area contributed by atoms with E-state index in [-0.39, 0.29) is 54.5 Å². The lowest BCUT2D eigenvalue weighted by Crippen LogP contribution is -2.70. The number of rotatable bonds is 16. The zero-order valence-corrected chi connectivity index (χ0v) is 47.2. The van der Waals surface area contributed by atoms with Crippen molar-refractivity contribution in [1.29, 1.82) is 0 Å². The Bertz CT molecular complexity index is 2000. The number of allylic oxidation sites excluding steroid dienone is 1. The number of ketones is 1. The Morgan fingerprint density at radius 1 is 0.539 bits per heavy atom. The standard InChI is InChI=1S/C56H92O20/c1-27-48(59)37(62-9)22-44(67-27)73-50-29(3)69-46(24-39(50)64-11)75-52-31(5)71-47(26-41(52)66-13)76-51-30(4)70-45(25-40(51)65-12)74-49-28(2)68-43(23-38(49)63-10)72-34-16-17-53(7)33(20-34)14-15-35-36(53)21-42(58)54(8)55(60,32(6)57)18-19-56(35,54)61/h14,27-31,34-52,58-61H,15-26H2,1-13H3/t27-,28+,29+,30+,31-,34-,35+,36-,37+,38-,39-,40-,41+,42+,43-,44-,45-,46-,47-,48-,49+,50+,51+,52-,53-,54+,55+,56-/m0/s1. The van der Waals surface area contributed by atoms with Crippen molar-refractivity contribution in [2.75, 3.05) is 35.5 Å². The van der Waals surface area contributed by atoms with Crippen LogP contribution in [-0.2, 0) is 75.8 Å². The number of Topliss-reactive ketones (excluding diaryl/α,β-unsaturated/α-hetero) is 1. The first-order chi connectivity index (χ1) is 36.0. The van der Waals surface area contributed by atoms with Crippen molar-refractivity contribution in [3.05, 3.63) is 11.6 Å². The lowest BCUT2D eigenvalue weighted by Gasteiger charge is -2.63. The molecule has 0 aromatic heterocycles. The van der Waals surface area contributed by atoms with Crippen LogP contribution in [0, 0.1) is 22.7 Å². The van der Waals surface area contributed by atoms with Gasteiger partial charge in [-0.25, -0.2) is 0 Å². The second-order valence-electron chi connectivity index (χ2n) is 24.2. The van der Waals surface area contributed by atoms with Crippen LogP contribution in [-0.4, -0.2) is 208 Å². The second kappa shape index (κ2) is 23.5. The number of carbonyl (C=O) groups excluding carboxylic acids is 1. The van der Waals surface area contributed by atoms with Gasteiger partial charge in [0.25, 0.3) is 0 Å². The summed E-state index contributed by atoms with van der Waals surface area (Å²) in [5.74, 6) is -0.590. The van der Waals surface area contributed by atoms with Crippen molar-refractivity contribution in [2.45, 2.75) is 279 Å². The van der Waals surface area contributed by atoms with Gasteiger partial charge in [-0.05, 0) is 104 Å². The van der Waals surface area contributed by atoms with Crippen LogP contribution in [0.4, 0.5) is 0 Å². The van der Waals surface area contributed by atoms with E-state index < -0.39 is 133 Å². The summed E-state index contributed by atoms with van der Waals surface area (Å²) in [6.07, 6.45) is -2.84. The second-order valence-corrected chi connectivity index (χ2v) is 24.2. The van der Waals surface area contributed by atoms with E-state index in [1.54, 1.807) is 49.4 Å². The molecule has 4 aliphatic carbocycles. The van der Waals surface area contributed by atoms with E-state index in [2.05, 4.69) is 13.0 Å². The summed E-state index contributed by atoms with van der Waals surface area (Å²) in [4.78, 5) is 12.8. The highest BCUT2D eigenvalue weighted by molar-refractivity contribution is 5.86. The third-order valence-electron chi connectivity index (χ3n) is 20.3. The van der Waals surface area contributed by atoms with Gasteiger partial charge < -0.3 is 91.5 Å². The quantitative estimate of drug-likeness (QED) is 0.157. The number of fused-ring (bicyclic) bond motifs is 5. The van der Waals surface area contributed by atoms with Gasteiger partial charge >= 0.3 is 0 Å². The molecular formula is C56H92O20. The molecule has 5 heterocycles. The molecule has 5 saturated heterocycles. The van der Waals surface area contributed by atoms with E-state index >= 15 is 0 Å². The molecular weight excluding hydrogens is 993 g/mol. The van der Waals surface area contributed by atoms with E-state index in [4.69, 9.17) is 71.1 Å². The first-order valence-corrected chi connectivity index (χ1v) is 28.3. The Kier molecular flexibility index (Phi) is 18.3. The van der Waals surface area contributed by atoms with Gasteiger partial charge in [-0.1, -0.05) is 25.5 Å². The zero-order chi connectivity index (χ0) is 54.8.